The molecule has 1 aromatic rings. The van der Waals surface area contributed by atoms with E-state index in [1.807, 2.05) is 6.92 Å². The lowest BCUT2D eigenvalue weighted by atomic mass is 10.2. The molecule has 1 fully saturated rings. The quantitative estimate of drug-likeness (QED) is 0.689. The summed E-state index contributed by atoms with van der Waals surface area (Å²) in [7, 11) is 6.67. The Balaban J connectivity index is 2.02. The average Bonchev–Trinajstić information content (AvgIpc) is 2.62. The van der Waals surface area contributed by atoms with Crippen LogP contribution in [-0.4, -0.2) is 83.0 Å². The number of rotatable bonds is 7. The summed E-state index contributed by atoms with van der Waals surface area (Å²) >= 11 is 0. The Morgan fingerprint density at radius 3 is 2.08 bits per heavy atom. The van der Waals surface area contributed by atoms with E-state index in [9.17, 15) is 4.79 Å². The van der Waals surface area contributed by atoms with E-state index in [2.05, 4.69) is 16.8 Å². The van der Waals surface area contributed by atoms with Gasteiger partial charge in [0.25, 0.3) is 0 Å². The lowest BCUT2D eigenvalue weighted by Gasteiger charge is -2.33. The van der Waals surface area contributed by atoms with Gasteiger partial charge in [-0.1, -0.05) is 0 Å². The molecule has 1 atom stereocenters. The van der Waals surface area contributed by atoms with Crippen molar-refractivity contribution in [3.05, 3.63) is 17.7 Å². The number of likely N-dealkylation sites (N-methyl/N-ethyl adjacent to an activating group) is 1. The molecule has 0 saturated carbocycles. The largest absolute Gasteiger partial charge is 0.493 e. The van der Waals surface area contributed by atoms with E-state index in [0.717, 1.165) is 32.7 Å². The first kappa shape index (κ1) is 19.3. The first-order chi connectivity index (χ1) is 12.0. The lowest BCUT2D eigenvalue weighted by Crippen LogP contribution is -2.47. The molecule has 0 bridgehead atoms. The van der Waals surface area contributed by atoms with Crippen LogP contribution in [0.5, 0.6) is 17.2 Å². The minimum Gasteiger partial charge on any atom is -0.493 e. The molecular weight excluding hydrogens is 324 g/mol. The molecular formula is C18H28N2O5. The van der Waals surface area contributed by atoms with Gasteiger partial charge in [-0.25, -0.2) is 4.79 Å². The van der Waals surface area contributed by atoms with Gasteiger partial charge in [0.15, 0.2) is 11.5 Å². The third kappa shape index (κ3) is 4.99. The Morgan fingerprint density at radius 2 is 1.60 bits per heavy atom. The second kappa shape index (κ2) is 8.92. The summed E-state index contributed by atoms with van der Waals surface area (Å²) in [5, 5.41) is 0. The Morgan fingerprint density at radius 1 is 1.04 bits per heavy atom. The Hall–Kier alpha value is -1.99. The summed E-state index contributed by atoms with van der Waals surface area (Å²) in [6.07, 6.45) is -0.199. The van der Waals surface area contributed by atoms with E-state index in [1.54, 1.807) is 12.1 Å². The summed E-state index contributed by atoms with van der Waals surface area (Å²) < 4.78 is 21.4. The van der Waals surface area contributed by atoms with Crippen LogP contribution in [0.15, 0.2) is 12.1 Å². The summed E-state index contributed by atoms with van der Waals surface area (Å²) in [4.78, 5) is 17.1. The van der Waals surface area contributed by atoms with Crippen molar-refractivity contribution in [2.24, 2.45) is 0 Å². The van der Waals surface area contributed by atoms with Gasteiger partial charge in [0.1, 0.15) is 6.10 Å². The fourth-order valence-electron chi connectivity index (χ4n) is 2.88. The Kier molecular flexibility index (Phi) is 6.90. The van der Waals surface area contributed by atoms with Crippen LogP contribution in [0, 0.1) is 0 Å². The fraction of sp³-hybridized carbons (Fsp3) is 0.611. The number of nitrogens with zero attached hydrogens (tertiary/aromatic N) is 2. The molecule has 1 aromatic carbocycles. The molecule has 0 radical (unpaired) electrons. The number of methoxy groups -OCH3 is 3. The predicted molar refractivity (Wildman–Crippen MR) is 94.9 cm³/mol. The number of carbonyl (C=O) groups is 1. The van der Waals surface area contributed by atoms with Gasteiger partial charge in [0, 0.05) is 32.7 Å². The first-order valence-corrected chi connectivity index (χ1v) is 8.40. The monoisotopic (exact) mass is 352 g/mol. The number of carbonyl (C=O) groups excluding carboxylic acids is 1. The van der Waals surface area contributed by atoms with Crippen molar-refractivity contribution in [1.82, 2.24) is 9.80 Å². The highest BCUT2D eigenvalue weighted by Gasteiger charge is 2.21. The zero-order valence-electron chi connectivity index (χ0n) is 15.7. The number of piperazine rings is 1. The predicted octanol–water partition coefficient (Wildman–Crippen LogP) is 1.51. The minimum atomic E-state index is -0.402. The molecule has 1 aliphatic rings. The SMILES string of the molecule is COc1cc(C(=O)O[C@H](C)CN2CCN(C)CC2)cc(OC)c1OC. The molecule has 0 N–H and O–H groups in total. The average molecular weight is 352 g/mol. The van der Waals surface area contributed by atoms with Gasteiger partial charge in [-0.3, -0.25) is 4.90 Å². The van der Waals surface area contributed by atoms with E-state index in [1.165, 1.54) is 21.3 Å². The molecule has 140 valence electrons. The van der Waals surface area contributed by atoms with E-state index in [-0.39, 0.29) is 6.10 Å². The molecule has 0 unspecified atom stereocenters. The maximum Gasteiger partial charge on any atom is 0.338 e. The molecule has 0 amide bonds. The van der Waals surface area contributed by atoms with Crippen molar-refractivity contribution in [3.63, 3.8) is 0 Å². The van der Waals surface area contributed by atoms with E-state index >= 15 is 0 Å². The van der Waals surface area contributed by atoms with Crippen LogP contribution >= 0.6 is 0 Å². The minimum absolute atomic E-state index is 0.199. The molecule has 25 heavy (non-hydrogen) atoms. The van der Waals surface area contributed by atoms with Crippen LogP contribution < -0.4 is 14.2 Å². The summed E-state index contributed by atoms with van der Waals surface area (Å²) in [6.45, 7) is 6.68. The zero-order valence-corrected chi connectivity index (χ0v) is 15.7. The van der Waals surface area contributed by atoms with Crippen molar-refractivity contribution in [2.45, 2.75) is 13.0 Å². The van der Waals surface area contributed by atoms with Gasteiger partial charge in [0.05, 0.1) is 26.9 Å². The van der Waals surface area contributed by atoms with Crippen molar-refractivity contribution in [3.8, 4) is 17.2 Å². The van der Waals surface area contributed by atoms with Crippen LogP contribution in [0.3, 0.4) is 0 Å². The van der Waals surface area contributed by atoms with Crippen LogP contribution in [0.25, 0.3) is 0 Å². The number of esters is 1. The molecule has 7 heteroatoms. The van der Waals surface area contributed by atoms with Crippen molar-refractivity contribution < 1.29 is 23.7 Å². The van der Waals surface area contributed by atoms with Gasteiger partial charge < -0.3 is 23.8 Å². The number of benzene rings is 1. The molecule has 1 saturated heterocycles. The highest BCUT2D eigenvalue weighted by molar-refractivity contribution is 5.91. The van der Waals surface area contributed by atoms with Crippen LogP contribution in [0.2, 0.25) is 0 Å². The normalized spacial score (nSPS) is 17.0. The van der Waals surface area contributed by atoms with E-state index in [4.69, 9.17) is 18.9 Å². The van der Waals surface area contributed by atoms with Gasteiger partial charge in [-0.05, 0) is 26.1 Å². The maximum absolute atomic E-state index is 12.5. The number of ether oxygens (including phenoxy) is 4. The first-order valence-electron chi connectivity index (χ1n) is 8.40. The summed E-state index contributed by atoms with van der Waals surface area (Å²) in [6, 6.07) is 3.21. The van der Waals surface area contributed by atoms with Gasteiger partial charge in [0.2, 0.25) is 5.75 Å². The third-order valence-corrected chi connectivity index (χ3v) is 4.32. The number of hydrogen-bond donors (Lipinski definition) is 0. The van der Waals surface area contributed by atoms with Crippen molar-refractivity contribution in [2.75, 3.05) is 61.1 Å². The molecule has 0 aromatic heterocycles. The standard InChI is InChI=1S/C18H28N2O5/c1-13(12-20-8-6-19(2)7-9-20)25-18(21)14-10-15(22-3)17(24-5)16(11-14)23-4/h10-11,13H,6-9,12H2,1-5H3/t13-/m1/s1. The fourth-order valence-corrected chi connectivity index (χ4v) is 2.88. The zero-order chi connectivity index (χ0) is 18.4. The topological polar surface area (TPSA) is 60.5 Å². The molecule has 7 nitrogen and oxygen atoms in total. The smallest absolute Gasteiger partial charge is 0.338 e. The molecule has 0 aliphatic carbocycles. The van der Waals surface area contributed by atoms with Gasteiger partial charge in [-0.2, -0.15) is 0 Å². The Bertz CT molecular complexity index is 560. The van der Waals surface area contributed by atoms with Gasteiger partial charge in [-0.15, -0.1) is 0 Å². The van der Waals surface area contributed by atoms with Crippen LogP contribution in [0.4, 0.5) is 0 Å². The van der Waals surface area contributed by atoms with Gasteiger partial charge >= 0.3 is 5.97 Å². The van der Waals surface area contributed by atoms with Crippen molar-refractivity contribution >= 4 is 5.97 Å². The second-order valence-electron chi connectivity index (χ2n) is 6.23. The molecule has 1 heterocycles. The van der Waals surface area contributed by atoms with E-state index < -0.39 is 5.97 Å². The Labute approximate surface area is 149 Å². The second-order valence-corrected chi connectivity index (χ2v) is 6.23. The maximum atomic E-state index is 12.5. The number of hydrogen-bond acceptors (Lipinski definition) is 7. The molecule has 0 spiro atoms. The lowest BCUT2D eigenvalue weighted by molar-refractivity contribution is 0.0206. The van der Waals surface area contributed by atoms with E-state index in [0.29, 0.717) is 22.8 Å². The summed E-state index contributed by atoms with van der Waals surface area (Å²) in [5.74, 6) is 0.911. The molecule has 2 rings (SSSR count). The highest BCUT2D eigenvalue weighted by atomic mass is 16.5. The van der Waals surface area contributed by atoms with Crippen molar-refractivity contribution in [1.29, 1.82) is 0 Å². The highest BCUT2D eigenvalue weighted by Crippen LogP contribution is 2.38. The van der Waals surface area contributed by atoms with Crippen LogP contribution in [-0.2, 0) is 4.74 Å². The third-order valence-electron chi connectivity index (χ3n) is 4.32. The summed E-state index contributed by atoms with van der Waals surface area (Å²) in [5.41, 5.74) is 0.375. The molecule has 1 aliphatic heterocycles. The van der Waals surface area contributed by atoms with Crippen LogP contribution in [0.1, 0.15) is 17.3 Å².